The van der Waals surface area contributed by atoms with Gasteiger partial charge in [0.05, 0.1) is 12.5 Å². The third-order valence-electron chi connectivity index (χ3n) is 3.56. The SMILES string of the molecule is CCOC(=O)/C=C/c1cccc(C(C=N)C(=N)n2ccc(C(F)(F)F)n2)c1. The number of aromatic nitrogens is 2. The van der Waals surface area contributed by atoms with Crippen LogP contribution < -0.4 is 0 Å². The first-order valence-corrected chi connectivity index (χ1v) is 7.93. The molecule has 2 rings (SSSR count). The average Bonchev–Trinajstić information content (AvgIpc) is 3.12. The number of ether oxygens (including phenoxy) is 1. The molecule has 1 aromatic heterocycles. The van der Waals surface area contributed by atoms with Gasteiger partial charge in [0.15, 0.2) is 5.69 Å². The Labute approximate surface area is 153 Å². The number of carbonyl (C=O) groups excluding carboxylic acids is 1. The number of benzene rings is 1. The molecule has 0 aliphatic carbocycles. The maximum absolute atomic E-state index is 12.7. The van der Waals surface area contributed by atoms with Crippen molar-refractivity contribution in [3.8, 4) is 0 Å². The molecule has 0 saturated carbocycles. The maximum atomic E-state index is 12.7. The molecule has 6 nitrogen and oxygen atoms in total. The number of hydrogen-bond donors (Lipinski definition) is 2. The van der Waals surface area contributed by atoms with Crippen LogP contribution >= 0.6 is 0 Å². The Kier molecular flexibility index (Phi) is 6.27. The zero-order valence-electron chi connectivity index (χ0n) is 14.3. The summed E-state index contributed by atoms with van der Waals surface area (Å²) >= 11 is 0. The van der Waals surface area contributed by atoms with Gasteiger partial charge in [-0.25, -0.2) is 9.48 Å². The zero-order valence-corrected chi connectivity index (χ0v) is 14.3. The van der Waals surface area contributed by atoms with Gasteiger partial charge in [-0.15, -0.1) is 0 Å². The Balaban J connectivity index is 2.25. The number of halogens is 3. The molecule has 2 aromatic rings. The second kappa shape index (κ2) is 8.43. The van der Waals surface area contributed by atoms with Crippen molar-refractivity contribution in [1.82, 2.24) is 9.78 Å². The average molecular weight is 378 g/mol. The van der Waals surface area contributed by atoms with E-state index < -0.39 is 23.8 Å². The molecule has 9 heteroatoms. The minimum atomic E-state index is -4.61. The van der Waals surface area contributed by atoms with Crippen LogP contribution in [0.1, 0.15) is 29.7 Å². The molecule has 0 spiro atoms. The highest BCUT2D eigenvalue weighted by molar-refractivity contribution is 6.01. The van der Waals surface area contributed by atoms with Crippen molar-refractivity contribution < 1.29 is 22.7 Å². The molecule has 27 heavy (non-hydrogen) atoms. The summed E-state index contributed by atoms with van der Waals surface area (Å²) < 4.78 is 43.7. The van der Waals surface area contributed by atoms with Crippen LogP contribution in [-0.4, -0.2) is 34.4 Å². The van der Waals surface area contributed by atoms with E-state index in [0.717, 1.165) is 23.2 Å². The Morgan fingerprint density at radius 1 is 1.37 bits per heavy atom. The van der Waals surface area contributed by atoms with Gasteiger partial charge in [-0.3, -0.25) is 5.41 Å². The molecule has 0 saturated heterocycles. The van der Waals surface area contributed by atoms with Gasteiger partial charge in [0, 0.05) is 18.5 Å². The smallest absolute Gasteiger partial charge is 0.435 e. The fourth-order valence-electron chi connectivity index (χ4n) is 2.30. The topological polar surface area (TPSA) is 91.8 Å². The highest BCUT2D eigenvalue weighted by Crippen LogP contribution is 2.27. The van der Waals surface area contributed by atoms with E-state index in [1.807, 2.05) is 0 Å². The molecule has 1 aromatic carbocycles. The Bertz CT molecular complexity index is 871. The van der Waals surface area contributed by atoms with Crippen LogP contribution in [0.25, 0.3) is 6.08 Å². The lowest BCUT2D eigenvalue weighted by atomic mass is 9.97. The normalized spacial score (nSPS) is 12.7. The maximum Gasteiger partial charge on any atom is 0.435 e. The summed E-state index contributed by atoms with van der Waals surface area (Å²) in [5.74, 6) is -1.70. The standard InChI is InChI=1S/C18H17F3N4O2/c1-2-27-16(26)7-6-12-4-3-5-13(10-12)14(11-22)17(23)25-9-8-15(24-25)18(19,20)21/h3-11,14,22-23H,2H2,1H3/b7-6+,22-11?,23-17?. The Morgan fingerprint density at radius 2 is 2.11 bits per heavy atom. The van der Waals surface area contributed by atoms with Crippen molar-refractivity contribution in [2.75, 3.05) is 6.61 Å². The number of hydrogen-bond acceptors (Lipinski definition) is 5. The van der Waals surface area contributed by atoms with E-state index in [1.165, 1.54) is 12.2 Å². The fourth-order valence-corrected chi connectivity index (χ4v) is 2.30. The minimum absolute atomic E-state index is 0.250. The van der Waals surface area contributed by atoms with Crippen molar-refractivity contribution in [2.45, 2.75) is 19.0 Å². The summed E-state index contributed by atoms with van der Waals surface area (Å²) in [5.41, 5.74) is 0.0174. The predicted molar refractivity (Wildman–Crippen MR) is 94.0 cm³/mol. The van der Waals surface area contributed by atoms with Gasteiger partial charge in [-0.1, -0.05) is 24.3 Å². The quantitative estimate of drug-likeness (QED) is 0.347. The molecule has 0 radical (unpaired) electrons. The zero-order chi connectivity index (χ0) is 20.0. The van der Waals surface area contributed by atoms with Gasteiger partial charge < -0.3 is 10.1 Å². The van der Waals surface area contributed by atoms with E-state index >= 15 is 0 Å². The summed E-state index contributed by atoms with van der Waals surface area (Å²) in [7, 11) is 0. The van der Waals surface area contributed by atoms with Crippen molar-refractivity contribution in [3.63, 3.8) is 0 Å². The van der Waals surface area contributed by atoms with E-state index in [2.05, 4.69) is 5.10 Å². The summed E-state index contributed by atoms with van der Waals surface area (Å²) in [6, 6.07) is 7.41. The Hall–Kier alpha value is -3.23. The monoisotopic (exact) mass is 378 g/mol. The van der Waals surface area contributed by atoms with E-state index in [-0.39, 0.29) is 12.4 Å². The van der Waals surface area contributed by atoms with Crippen LogP contribution in [0.2, 0.25) is 0 Å². The number of esters is 1. The molecule has 0 amide bonds. The molecule has 2 N–H and O–H groups in total. The van der Waals surface area contributed by atoms with Crippen molar-refractivity contribution in [2.24, 2.45) is 0 Å². The summed E-state index contributed by atoms with van der Waals surface area (Å²) in [6.07, 6.45) is 0.138. The van der Waals surface area contributed by atoms with Crippen LogP contribution in [0, 0.1) is 10.8 Å². The van der Waals surface area contributed by atoms with Gasteiger partial charge >= 0.3 is 12.1 Å². The summed E-state index contributed by atoms with van der Waals surface area (Å²) in [4.78, 5) is 11.4. The number of nitrogens with zero attached hydrogens (tertiary/aromatic N) is 2. The minimum Gasteiger partial charge on any atom is -0.463 e. The number of alkyl halides is 3. The molecule has 1 heterocycles. The lowest BCUT2D eigenvalue weighted by Gasteiger charge is -2.14. The van der Waals surface area contributed by atoms with Crippen molar-refractivity contribution >= 4 is 24.1 Å². The molecular weight excluding hydrogens is 361 g/mol. The predicted octanol–water partition coefficient (Wildman–Crippen LogP) is 3.74. The van der Waals surface area contributed by atoms with Crippen molar-refractivity contribution in [1.29, 1.82) is 10.8 Å². The van der Waals surface area contributed by atoms with E-state index in [9.17, 15) is 18.0 Å². The molecule has 0 bridgehead atoms. The Morgan fingerprint density at radius 3 is 2.70 bits per heavy atom. The highest BCUT2D eigenvalue weighted by Gasteiger charge is 2.34. The molecule has 1 unspecified atom stereocenters. The first-order chi connectivity index (χ1) is 12.8. The molecular formula is C18H17F3N4O2. The summed E-state index contributed by atoms with van der Waals surface area (Å²) in [6.45, 7) is 1.94. The van der Waals surface area contributed by atoms with Crippen LogP contribution in [0.3, 0.4) is 0 Å². The number of nitrogens with one attached hydrogen (secondary N) is 2. The van der Waals surface area contributed by atoms with Crippen molar-refractivity contribution in [3.05, 3.63) is 59.4 Å². The largest absolute Gasteiger partial charge is 0.463 e. The molecule has 0 aliphatic heterocycles. The second-order valence-electron chi connectivity index (χ2n) is 5.43. The molecule has 142 valence electrons. The first-order valence-electron chi connectivity index (χ1n) is 7.93. The van der Waals surface area contributed by atoms with Gasteiger partial charge in [0.25, 0.3) is 0 Å². The van der Waals surface area contributed by atoms with Gasteiger partial charge in [-0.05, 0) is 30.2 Å². The third-order valence-corrected chi connectivity index (χ3v) is 3.56. The highest BCUT2D eigenvalue weighted by atomic mass is 19.4. The van der Waals surface area contributed by atoms with Crippen LogP contribution in [0.5, 0.6) is 0 Å². The number of carbonyl (C=O) groups is 1. The number of rotatable bonds is 6. The first kappa shape index (κ1) is 20.1. The second-order valence-corrected chi connectivity index (χ2v) is 5.43. The van der Waals surface area contributed by atoms with Gasteiger partial charge in [0.1, 0.15) is 5.84 Å². The lowest BCUT2D eigenvalue weighted by molar-refractivity contribution is -0.141. The van der Waals surface area contributed by atoms with Gasteiger partial charge in [0.2, 0.25) is 0 Å². The van der Waals surface area contributed by atoms with E-state index in [1.54, 1.807) is 31.2 Å². The molecule has 0 aliphatic rings. The van der Waals surface area contributed by atoms with Crippen LogP contribution in [-0.2, 0) is 15.7 Å². The van der Waals surface area contributed by atoms with Crippen LogP contribution in [0.15, 0.2) is 42.6 Å². The molecule has 0 fully saturated rings. The summed E-state index contributed by atoms with van der Waals surface area (Å²) in [5, 5.41) is 19.1. The third kappa shape index (κ3) is 5.13. The van der Waals surface area contributed by atoms with E-state index in [0.29, 0.717) is 11.1 Å². The fraction of sp³-hybridized carbons (Fsp3) is 0.222. The lowest BCUT2D eigenvalue weighted by Crippen LogP contribution is -2.22. The van der Waals surface area contributed by atoms with E-state index in [4.69, 9.17) is 15.6 Å². The van der Waals surface area contributed by atoms with Gasteiger partial charge in [-0.2, -0.15) is 18.3 Å². The van der Waals surface area contributed by atoms with Crippen LogP contribution in [0.4, 0.5) is 13.2 Å². The molecule has 1 atom stereocenters.